The topological polar surface area (TPSA) is 72.5 Å². The molecule has 84 valence electrons. The molecule has 14 heavy (non-hydrogen) atoms. The van der Waals surface area contributed by atoms with Crippen LogP contribution in [0.15, 0.2) is 0 Å². The van der Waals surface area contributed by atoms with Crippen LogP contribution in [0, 0.1) is 0 Å². The number of carbonyl (C=O) groups is 1. The van der Waals surface area contributed by atoms with Crippen molar-refractivity contribution in [2.24, 2.45) is 5.73 Å². The Kier molecular flexibility index (Phi) is 6.15. The summed E-state index contributed by atoms with van der Waals surface area (Å²) in [6.07, 6.45) is 0. The van der Waals surface area contributed by atoms with Crippen molar-refractivity contribution < 1.29 is 14.6 Å². The monoisotopic (exact) mass is 221 g/mol. The zero-order chi connectivity index (χ0) is 11.2. The third kappa shape index (κ3) is 4.83. The van der Waals surface area contributed by atoms with Gasteiger partial charge in [0.2, 0.25) is 0 Å². The van der Waals surface area contributed by atoms with Gasteiger partial charge in [-0.1, -0.05) is 6.92 Å². The van der Waals surface area contributed by atoms with Crippen LogP contribution in [-0.2, 0) is 9.53 Å². The molecule has 5 heteroatoms. The van der Waals surface area contributed by atoms with Crippen LogP contribution in [0.1, 0.15) is 20.8 Å². The molecule has 4 nitrogen and oxygen atoms in total. The van der Waals surface area contributed by atoms with Crippen LogP contribution < -0.4 is 5.73 Å². The molecule has 0 amide bonds. The second-order valence-corrected chi connectivity index (χ2v) is 4.87. The summed E-state index contributed by atoms with van der Waals surface area (Å²) < 4.78 is 4.83. The molecule has 0 saturated carbocycles. The van der Waals surface area contributed by atoms with Crippen molar-refractivity contribution in [3.63, 3.8) is 0 Å². The van der Waals surface area contributed by atoms with Gasteiger partial charge in [0.25, 0.3) is 0 Å². The van der Waals surface area contributed by atoms with E-state index in [9.17, 15) is 4.79 Å². The molecule has 0 fully saturated rings. The Morgan fingerprint density at radius 3 is 2.71 bits per heavy atom. The quantitative estimate of drug-likeness (QED) is 0.634. The van der Waals surface area contributed by atoms with E-state index in [-0.39, 0.29) is 11.9 Å². The molecule has 0 aliphatic rings. The highest BCUT2D eigenvalue weighted by molar-refractivity contribution is 8.00. The number of aliphatic hydroxyl groups is 1. The van der Waals surface area contributed by atoms with Crippen LogP contribution in [-0.4, -0.2) is 40.8 Å². The fraction of sp³-hybridized carbons (Fsp3) is 0.889. The molecule has 0 radical (unpaired) electrons. The molecular weight excluding hydrogens is 202 g/mol. The minimum atomic E-state index is -0.968. The third-order valence-electron chi connectivity index (χ3n) is 1.67. The van der Waals surface area contributed by atoms with Gasteiger partial charge in [-0.3, -0.25) is 4.79 Å². The Hall–Kier alpha value is -0.260. The summed E-state index contributed by atoms with van der Waals surface area (Å²) in [6.45, 7) is 5.70. The standard InChI is InChI=1S/C9H19NO3S/c1-4-13-8(12)9(3,10)6-14-7(2)5-11/h7,11H,4-6,10H2,1-3H3. The lowest BCUT2D eigenvalue weighted by molar-refractivity contribution is -0.148. The van der Waals surface area contributed by atoms with Crippen LogP contribution in [0.2, 0.25) is 0 Å². The highest BCUT2D eigenvalue weighted by Crippen LogP contribution is 2.16. The molecular formula is C9H19NO3S. The van der Waals surface area contributed by atoms with Gasteiger partial charge in [-0.25, -0.2) is 0 Å². The van der Waals surface area contributed by atoms with E-state index in [1.54, 1.807) is 13.8 Å². The van der Waals surface area contributed by atoms with Crippen molar-refractivity contribution in [3.05, 3.63) is 0 Å². The Morgan fingerprint density at radius 2 is 2.29 bits per heavy atom. The largest absolute Gasteiger partial charge is 0.465 e. The number of ether oxygens (including phenoxy) is 1. The Labute approximate surface area is 89.2 Å². The van der Waals surface area contributed by atoms with Crippen molar-refractivity contribution >= 4 is 17.7 Å². The molecule has 0 spiro atoms. The summed E-state index contributed by atoms with van der Waals surface area (Å²) in [5, 5.41) is 8.89. The molecule has 0 aromatic heterocycles. The first-order valence-electron chi connectivity index (χ1n) is 4.62. The van der Waals surface area contributed by atoms with E-state index in [1.807, 2.05) is 6.92 Å². The van der Waals surface area contributed by atoms with Crippen molar-refractivity contribution in [2.45, 2.75) is 31.6 Å². The van der Waals surface area contributed by atoms with E-state index in [0.717, 1.165) is 0 Å². The Morgan fingerprint density at radius 1 is 1.71 bits per heavy atom. The van der Waals surface area contributed by atoms with Gasteiger partial charge < -0.3 is 15.6 Å². The van der Waals surface area contributed by atoms with E-state index in [0.29, 0.717) is 12.4 Å². The van der Waals surface area contributed by atoms with Gasteiger partial charge in [-0.2, -0.15) is 11.8 Å². The number of carbonyl (C=O) groups excluding carboxylic acids is 1. The molecule has 3 N–H and O–H groups in total. The summed E-state index contributed by atoms with van der Waals surface area (Å²) in [5.41, 5.74) is 4.80. The first kappa shape index (κ1) is 13.7. The van der Waals surface area contributed by atoms with Gasteiger partial charge in [-0.05, 0) is 13.8 Å². The summed E-state index contributed by atoms with van der Waals surface area (Å²) in [4.78, 5) is 11.3. The van der Waals surface area contributed by atoms with Crippen molar-refractivity contribution in [1.82, 2.24) is 0 Å². The third-order valence-corrected chi connectivity index (χ3v) is 3.15. The van der Waals surface area contributed by atoms with Gasteiger partial charge in [0, 0.05) is 11.0 Å². The Balaban J connectivity index is 3.99. The van der Waals surface area contributed by atoms with E-state index < -0.39 is 11.5 Å². The summed E-state index contributed by atoms with van der Waals surface area (Å²) >= 11 is 1.46. The van der Waals surface area contributed by atoms with Gasteiger partial charge in [0.1, 0.15) is 5.54 Å². The maximum atomic E-state index is 11.3. The van der Waals surface area contributed by atoms with Crippen LogP contribution in [0.3, 0.4) is 0 Å². The van der Waals surface area contributed by atoms with Gasteiger partial charge in [-0.15, -0.1) is 0 Å². The van der Waals surface area contributed by atoms with Crippen LogP contribution in [0.5, 0.6) is 0 Å². The van der Waals surface area contributed by atoms with E-state index in [1.165, 1.54) is 11.8 Å². The van der Waals surface area contributed by atoms with Gasteiger partial charge in [0.15, 0.2) is 0 Å². The number of hydrogen-bond acceptors (Lipinski definition) is 5. The molecule has 2 atom stereocenters. The number of esters is 1. The molecule has 0 aromatic carbocycles. The zero-order valence-electron chi connectivity index (χ0n) is 8.95. The molecule has 0 rings (SSSR count). The second-order valence-electron chi connectivity index (χ2n) is 3.44. The average molecular weight is 221 g/mol. The van der Waals surface area contributed by atoms with Crippen molar-refractivity contribution in [1.29, 1.82) is 0 Å². The molecule has 0 aliphatic carbocycles. The molecule has 0 saturated heterocycles. The molecule has 0 bridgehead atoms. The lowest BCUT2D eigenvalue weighted by Crippen LogP contribution is -2.48. The highest BCUT2D eigenvalue weighted by atomic mass is 32.2. The van der Waals surface area contributed by atoms with Crippen molar-refractivity contribution in [3.8, 4) is 0 Å². The normalized spacial score (nSPS) is 17.2. The average Bonchev–Trinajstić information content (AvgIpc) is 2.14. The number of hydrogen-bond donors (Lipinski definition) is 2. The van der Waals surface area contributed by atoms with Crippen LogP contribution >= 0.6 is 11.8 Å². The zero-order valence-corrected chi connectivity index (χ0v) is 9.76. The van der Waals surface area contributed by atoms with E-state index in [4.69, 9.17) is 15.6 Å². The van der Waals surface area contributed by atoms with Gasteiger partial charge >= 0.3 is 5.97 Å². The predicted octanol–water partition coefficient (Wildman–Crippen LogP) is 0.381. The van der Waals surface area contributed by atoms with E-state index in [2.05, 4.69) is 0 Å². The summed E-state index contributed by atoms with van der Waals surface area (Å²) in [5.74, 6) is 0.0609. The number of thioether (sulfide) groups is 1. The number of rotatable bonds is 6. The lowest BCUT2D eigenvalue weighted by Gasteiger charge is -2.22. The predicted molar refractivity (Wildman–Crippen MR) is 58.2 cm³/mol. The molecule has 0 aliphatic heterocycles. The van der Waals surface area contributed by atoms with Gasteiger partial charge in [0.05, 0.1) is 13.2 Å². The maximum absolute atomic E-state index is 11.3. The SMILES string of the molecule is CCOC(=O)C(C)(N)CSC(C)CO. The Bertz CT molecular complexity index is 185. The summed E-state index contributed by atoms with van der Waals surface area (Å²) in [6, 6.07) is 0. The minimum absolute atomic E-state index is 0.0869. The molecule has 0 aromatic rings. The fourth-order valence-electron chi connectivity index (χ4n) is 0.723. The van der Waals surface area contributed by atoms with Crippen molar-refractivity contribution in [2.75, 3.05) is 19.0 Å². The van der Waals surface area contributed by atoms with Crippen LogP contribution in [0.4, 0.5) is 0 Å². The second kappa shape index (κ2) is 6.27. The first-order valence-corrected chi connectivity index (χ1v) is 5.67. The minimum Gasteiger partial charge on any atom is -0.465 e. The molecule has 2 unspecified atom stereocenters. The molecule has 0 heterocycles. The number of aliphatic hydroxyl groups excluding tert-OH is 1. The summed E-state index contributed by atoms with van der Waals surface area (Å²) in [7, 11) is 0. The smallest absolute Gasteiger partial charge is 0.326 e. The highest BCUT2D eigenvalue weighted by Gasteiger charge is 2.30. The fourth-order valence-corrected chi connectivity index (χ4v) is 1.58. The maximum Gasteiger partial charge on any atom is 0.326 e. The number of nitrogens with two attached hydrogens (primary N) is 1. The first-order chi connectivity index (χ1) is 6.44. The lowest BCUT2D eigenvalue weighted by atomic mass is 10.1. The van der Waals surface area contributed by atoms with E-state index >= 15 is 0 Å². The van der Waals surface area contributed by atoms with Crippen LogP contribution in [0.25, 0.3) is 0 Å².